The Bertz CT molecular complexity index is 684. The summed E-state index contributed by atoms with van der Waals surface area (Å²) in [6.07, 6.45) is 4.52. The fraction of sp³-hybridized carbons (Fsp3) is 0.556. The molecule has 26 heavy (non-hydrogen) atoms. The number of hydrogen-bond acceptors (Lipinski definition) is 3. The minimum Gasteiger partial charge on any atom is -0.368 e. The van der Waals surface area contributed by atoms with Gasteiger partial charge in [0, 0.05) is 18.8 Å². The van der Waals surface area contributed by atoms with Gasteiger partial charge in [0.25, 0.3) is 0 Å². The number of hydrogen-bond donors (Lipinski definition) is 2. The first-order valence-electron chi connectivity index (χ1n) is 8.98. The predicted octanol–water partition coefficient (Wildman–Crippen LogP) is 3.33. The van der Waals surface area contributed by atoms with E-state index in [4.69, 9.17) is 28.9 Å². The molecule has 3 rings (SSSR count). The van der Waals surface area contributed by atoms with Crippen molar-refractivity contribution in [2.75, 3.05) is 31.5 Å². The van der Waals surface area contributed by atoms with Crippen LogP contribution in [0.25, 0.3) is 0 Å². The van der Waals surface area contributed by atoms with E-state index in [9.17, 15) is 9.59 Å². The van der Waals surface area contributed by atoms with E-state index in [0.29, 0.717) is 41.7 Å². The van der Waals surface area contributed by atoms with Crippen LogP contribution in [-0.2, 0) is 4.79 Å². The summed E-state index contributed by atoms with van der Waals surface area (Å²) in [6, 6.07) is 4.76. The van der Waals surface area contributed by atoms with Crippen LogP contribution in [-0.4, -0.2) is 53.5 Å². The highest BCUT2D eigenvalue weighted by molar-refractivity contribution is 6.42. The topological polar surface area (TPSA) is 78.7 Å². The summed E-state index contributed by atoms with van der Waals surface area (Å²) in [4.78, 5) is 28.7. The van der Waals surface area contributed by atoms with Gasteiger partial charge in [0.1, 0.15) is 5.54 Å². The number of carbonyl (C=O) groups is 2. The summed E-state index contributed by atoms with van der Waals surface area (Å²) in [5.41, 5.74) is 5.75. The van der Waals surface area contributed by atoms with Gasteiger partial charge in [-0.3, -0.25) is 9.69 Å². The lowest BCUT2D eigenvalue weighted by molar-refractivity contribution is -0.134. The van der Waals surface area contributed by atoms with Crippen molar-refractivity contribution >= 4 is 40.8 Å². The molecule has 3 amide bonds. The molecule has 142 valence electrons. The van der Waals surface area contributed by atoms with Gasteiger partial charge < -0.3 is 16.0 Å². The summed E-state index contributed by atoms with van der Waals surface area (Å²) in [6.45, 7) is 2.79. The number of nitrogens with zero attached hydrogens (tertiary/aromatic N) is 2. The van der Waals surface area contributed by atoms with E-state index in [1.54, 1.807) is 23.1 Å². The molecular formula is C18H24Cl2N4O2. The van der Waals surface area contributed by atoms with Crippen molar-refractivity contribution in [3.05, 3.63) is 28.2 Å². The zero-order valence-electron chi connectivity index (χ0n) is 14.6. The lowest BCUT2D eigenvalue weighted by Crippen LogP contribution is -2.64. The maximum Gasteiger partial charge on any atom is 0.321 e. The second-order valence-corrected chi connectivity index (χ2v) is 7.80. The van der Waals surface area contributed by atoms with Crippen molar-refractivity contribution in [1.82, 2.24) is 9.80 Å². The van der Waals surface area contributed by atoms with Gasteiger partial charge in [0.2, 0.25) is 5.91 Å². The second kappa shape index (κ2) is 8.03. The average Bonchev–Trinajstić information content (AvgIpc) is 2.65. The van der Waals surface area contributed by atoms with Crippen LogP contribution in [0.15, 0.2) is 18.2 Å². The van der Waals surface area contributed by atoms with Gasteiger partial charge in [-0.1, -0.05) is 29.6 Å². The first kappa shape index (κ1) is 19.3. The first-order chi connectivity index (χ1) is 12.4. The van der Waals surface area contributed by atoms with Crippen LogP contribution in [0.5, 0.6) is 0 Å². The minimum atomic E-state index is -0.624. The third-order valence-corrected chi connectivity index (χ3v) is 6.21. The van der Waals surface area contributed by atoms with Crippen molar-refractivity contribution < 1.29 is 9.59 Å². The van der Waals surface area contributed by atoms with E-state index in [1.807, 2.05) is 0 Å². The lowest BCUT2D eigenvalue weighted by atomic mass is 9.83. The van der Waals surface area contributed by atoms with Gasteiger partial charge >= 0.3 is 6.03 Å². The number of halogens is 2. The molecule has 0 aromatic heterocycles. The van der Waals surface area contributed by atoms with Gasteiger partial charge in [-0.05, 0) is 57.0 Å². The third-order valence-electron chi connectivity index (χ3n) is 5.47. The van der Waals surface area contributed by atoms with Crippen LogP contribution in [0.2, 0.25) is 10.0 Å². The summed E-state index contributed by atoms with van der Waals surface area (Å²) in [7, 11) is 0. The molecule has 2 aliphatic heterocycles. The number of nitrogens with one attached hydrogen (secondary N) is 1. The molecule has 2 heterocycles. The van der Waals surface area contributed by atoms with Gasteiger partial charge in [0.15, 0.2) is 0 Å². The summed E-state index contributed by atoms with van der Waals surface area (Å²) >= 11 is 11.9. The van der Waals surface area contributed by atoms with E-state index in [1.165, 1.54) is 6.42 Å². The normalized spacial score (nSPS) is 20.6. The van der Waals surface area contributed by atoms with Crippen LogP contribution >= 0.6 is 23.2 Å². The molecular weight excluding hydrogens is 375 g/mol. The molecule has 2 saturated heterocycles. The Hall–Kier alpha value is -1.50. The predicted molar refractivity (Wildman–Crippen MR) is 104 cm³/mol. The van der Waals surface area contributed by atoms with Gasteiger partial charge in [0.05, 0.1) is 10.0 Å². The van der Waals surface area contributed by atoms with Gasteiger partial charge in [-0.2, -0.15) is 0 Å². The van der Waals surface area contributed by atoms with Crippen molar-refractivity contribution in [2.45, 2.75) is 37.6 Å². The van der Waals surface area contributed by atoms with Crippen LogP contribution < -0.4 is 11.1 Å². The Kier molecular flexibility index (Phi) is 5.95. The number of primary amides is 1. The number of carbonyl (C=O) groups excluding carboxylic acids is 2. The monoisotopic (exact) mass is 398 g/mol. The van der Waals surface area contributed by atoms with E-state index >= 15 is 0 Å². The van der Waals surface area contributed by atoms with Crippen molar-refractivity contribution in [1.29, 1.82) is 0 Å². The smallest absolute Gasteiger partial charge is 0.321 e. The quantitative estimate of drug-likeness (QED) is 0.819. The largest absolute Gasteiger partial charge is 0.368 e. The maximum atomic E-state index is 12.5. The molecule has 3 N–H and O–H groups in total. The highest BCUT2D eigenvalue weighted by atomic mass is 35.5. The number of anilines is 1. The molecule has 0 radical (unpaired) electrons. The van der Waals surface area contributed by atoms with Crippen LogP contribution in [0.1, 0.15) is 32.1 Å². The lowest BCUT2D eigenvalue weighted by Gasteiger charge is -2.48. The number of urea groups is 1. The van der Waals surface area contributed by atoms with Crippen LogP contribution in [0, 0.1) is 0 Å². The van der Waals surface area contributed by atoms with E-state index < -0.39 is 5.54 Å². The SMILES string of the molecule is NC(=O)C1(N2CCCCC2)CCN(C(=O)Nc2ccc(Cl)c(Cl)c2)CC1. The summed E-state index contributed by atoms with van der Waals surface area (Å²) in [5, 5.41) is 3.66. The molecule has 0 atom stereocenters. The molecule has 2 fully saturated rings. The summed E-state index contributed by atoms with van der Waals surface area (Å²) in [5.74, 6) is -0.274. The number of piperidine rings is 2. The molecule has 8 heteroatoms. The highest BCUT2D eigenvalue weighted by Crippen LogP contribution is 2.32. The second-order valence-electron chi connectivity index (χ2n) is 6.99. The van der Waals surface area contributed by atoms with Crippen LogP contribution in [0.4, 0.5) is 10.5 Å². The Labute approximate surface area is 163 Å². The van der Waals surface area contributed by atoms with Crippen molar-refractivity contribution in [3.8, 4) is 0 Å². The van der Waals surface area contributed by atoms with Gasteiger partial charge in [-0.15, -0.1) is 0 Å². The fourth-order valence-electron chi connectivity index (χ4n) is 3.90. The standard InChI is InChI=1S/C18H24Cl2N4O2/c19-14-5-4-13(12-15(14)20)22-17(26)23-10-6-18(7-11-23,16(21)25)24-8-2-1-3-9-24/h4-5,12H,1-3,6-11H2,(H2,21,25)(H,22,26). The fourth-order valence-corrected chi connectivity index (χ4v) is 4.19. The number of rotatable bonds is 3. The molecule has 0 unspecified atom stereocenters. The Morgan fingerprint density at radius 3 is 2.23 bits per heavy atom. The maximum absolute atomic E-state index is 12.5. The zero-order chi connectivity index (χ0) is 18.7. The number of amides is 3. The molecule has 0 saturated carbocycles. The number of nitrogens with two attached hydrogens (primary N) is 1. The molecule has 0 spiro atoms. The average molecular weight is 399 g/mol. The molecule has 1 aromatic rings. The zero-order valence-corrected chi connectivity index (χ0v) is 16.2. The van der Waals surface area contributed by atoms with E-state index in [0.717, 1.165) is 25.9 Å². The van der Waals surface area contributed by atoms with Crippen LogP contribution in [0.3, 0.4) is 0 Å². The van der Waals surface area contributed by atoms with Crippen molar-refractivity contribution in [3.63, 3.8) is 0 Å². The van der Waals surface area contributed by atoms with E-state index in [2.05, 4.69) is 10.2 Å². The van der Waals surface area contributed by atoms with Gasteiger partial charge in [-0.25, -0.2) is 4.79 Å². The Morgan fingerprint density at radius 2 is 1.65 bits per heavy atom. The molecule has 2 aliphatic rings. The molecule has 6 nitrogen and oxygen atoms in total. The Balaban J connectivity index is 1.63. The molecule has 0 aliphatic carbocycles. The molecule has 0 bridgehead atoms. The van der Waals surface area contributed by atoms with Crippen molar-refractivity contribution in [2.24, 2.45) is 5.73 Å². The number of benzene rings is 1. The summed E-state index contributed by atoms with van der Waals surface area (Å²) < 4.78 is 0. The minimum absolute atomic E-state index is 0.208. The first-order valence-corrected chi connectivity index (χ1v) is 9.74. The number of likely N-dealkylation sites (tertiary alicyclic amines) is 2. The molecule has 1 aromatic carbocycles. The highest BCUT2D eigenvalue weighted by Gasteiger charge is 2.45. The van der Waals surface area contributed by atoms with E-state index in [-0.39, 0.29) is 11.9 Å². The Morgan fingerprint density at radius 1 is 1.00 bits per heavy atom. The third kappa shape index (κ3) is 3.92.